The number of aliphatic carboxylic acids is 1. The summed E-state index contributed by atoms with van der Waals surface area (Å²) in [4.78, 5) is 48.2. The van der Waals surface area contributed by atoms with Crippen LogP contribution in [0.25, 0.3) is 0 Å². The molecule has 1 aliphatic rings. The number of hydrogen-bond acceptors (Lipinski definition) is 5. The summed E-state index contributed by atoms with van der Waals surface area (Å²) in [7, 11) is 0. The minimum atomic E-state index is -1.45. The van der Waals surface area contributed by atoms with E-state index in [4.69, 9.17) is 4.74 Å². The first kappa shape index (κ1) is 19.2. The van der Waals surface area contributed by atoms with E-state index in [-0.39, 0.29) is 24.5 Å². The Morgan fingerprint density at radius 3 is 2.62 bits per heavy atom. The molecule has 140 valence electrons. The van der Waals surface area contributed by atoms with Gasteiger partial charge in [0.25, 0.3) is 5.91 Å². The molecule has 3 amide bonds. The van der Waals surface area contributed by atoms with Crippen LogP contribution >= 0.6 is 0 Å². The van der Waals surface area contributed by atoms with Crippen molar-refractivity contribution in [2.45, 2.75) is 31.8 Å². The number of carbonyl (C=O) groups is 4. The predicted molar refractivity (Wildman–Crippen MR) is 90.7 cm³/mol. The second-order valence-electron chi connectivity index (χ2n) is 6.34. The third kappa shape index (κ3) is 4.71. The smallest absolute Gasteiger partial charge is 0.326 e. The predicted octanol–water partition coefficient (Wildman–Crippen LogP) is -0.337. The van der Waals surface area contributed by atoms with Crippen LogP contribution in [0.4, 0.5) is 0 Å². The number of hydrogen-bond donors (Lipinski definition) is 4. The lowest BCUT2D eigenvalue weighted by Crippen LogP contribution is -2.56. The molecule has 9 nitrogen and oxygen atoms in total. The third-order valence-electron chi connectivity index (χ3n) is 3.79. The van der Waals surface area contributed by atoms with E-state index >= 15 is 0 Å². The van der Waals surface area contributed by atoms with Crippen molar-refractivity contribution < 1.29 is 29.0 Å². The van der Waals surface area contributed by atoms with Crippen molar-refractivity contribution in [1.82, 2.24) is 16.0 Å². The van der Waals surface area contributed by atoms with Crippen LogP contribution in [0.2, 0.25) is 0 Å². The number of nitrogens with one attached hydrogen (secondary N) is 3. The number of fused-ring (bicyclic) bond motifs is 1. The first-order valence-electron chi connectivity index (χ1n) is 8.05. The van der Waals surface area contributed by atoms with Gasteiger partial charge < -0.3 is 25.8 Å². The molecule has 0 saturated carbocycles. The Morgan fingerprint density at radius 2 is 1.92 bits per heavy atom. The van der Waals surface area contributed by atoms with Gasteiger partial charge in [0.2, 0.25) is 11.8 Å². The lowest BCUT2D eigenvalue weighted by atomic mass is 10.0. The van der Waals surface area contributed by atoms with Gasteiger partial charge in [-0.25, -0.2) is 4.79 Å². The van der Waals surface area contributed by atoms with Crippen LogP contribution in [0.3, 0.4) is 0 Å². The number of rotatable bonds is 1. The van der Waals surface area contributed by atoms with Crippen molar-refractivity contribution in [2.24, 2.45) is 0 Å². The van der Waals surface area contributed by atoms with Crippen LogP contribution in [0.5, 0.6) is 5.75 Å². The highest BCUT2D eigenvalue weighted by atomic mass is 16.5. The normalized spacial score (nSPS) is 21.2. The van der Waals surface area contributed by atoms with Gasteiger partial charge in [0.15, 0.2) is 0 Å². The first-order valence-corrected chi connectivity index (χ1v) is 8.05. The molecular weight excluding hydrogens is 342 g/mol. The summed E-state index contributed by atoms with van der Waals surface area (Å²) in [6.45, 7) is 3.27. The average molecular weight is 363 g/mol. The Labute approximate surface area is 150 Å². The van der Waals surface area contributed by atoms with E-state index in [0.717, 1.165) is 0 Å². The van der Waals surface area contributed by atoms with Crippen LogP contribution in [0.15, 0.2) is 24.3 Å². The van der Waals surface area contributed by atoms with Crippen molar-refractivity contribution in [3.05, 3.63) is 29.8 Å². The Kier molecular flexibility index (Phi) is 5.81. The Balaban J connectivity index is 2.32. The molecule has 26 heavy (non-hydrogen) atoms. The van der Waals surface area contributed by atoms with Gasteiger partial charge in [0.1, 0.15) is 23.9 Å². The highest BCUT2D eigenvalue weighted by molar-refractivity contribution is 6.00. The minimum absolute atomic E-state index is 0.0996. The highest BCUT2D eigenvalue weighted by Crippen LogP contribution is 2.18. The number of amides is 3. The molecule has 1 aromatic rings. The maximum atomic E-state index is 12.4. The molecule has 0 radical (unpaired) electrons. The van der Waals surface area contributed by atoms with Gasteiger partial charge in [0, 0.05) is 0 Å². The summed E-state index contributed by atoms with van der Waals surface area (Å²) in [6.07, 6.45) is -0.513. The zero-order valence-corrected chi connectivity index (χ0v) is 14.5. The molecule has 0 fully saturated rings. The Morgan fingerprint density at radius 1 is 1.23 bits per heavy atom. The SMILES string of the molecule is CC1(C)NC(=O)C[C@@H](C(=O)O)NC(=O)c2ccccc2OCCNC1=O. The zero-order valence-electron chi connectivity index (χ0n) is 14.5. The summed E-state index contributed by atoms with van der Waals surface area (Å²) in [6, 6.07) is 4.88. The lowest BCUT2D eigenvalue weighted by molar-refractivity contribution is -0.141. The molecule has 0 aromatic heterocycles. The molecule has 1 aliphatic heterocycles. The van der Waals surface area contributed by atoms with E-state index in [1.807, 2.05) is 0 Å². The van der Waals surface area contributed by atoms with E-state index in [0.29, 0.717) is 0 Å². The van der Waals surface area contributed by atoms with Crippen molar-refractivity contribution in [1.29, 1.82) is 0 Å². The molecule has 0 spiro atoms. The second-order valence-corrected chi connectivity index (χ2v) is 6.34. The lowest BCUT2D eigenvalue weighted by Gasteiger charge is -2.26. The molecule has 0 saturated heterocycles. The Bertz CT molecular complexity index is 731. The van der Waals surface area contributed by atoms with Crippen molar-refractivity contribution in [2.75, 3.05) is 13.2 Å². The molecular formula is C17H21N3O6. The summed E-state index contributed by atoms with van der Waals surface area (Å²) in [5.74, 6) is -2.87. The third-order valence-corrected chi connectivity index (χ3v) is 3.79. The molecule has 0 unspecified atom stereocenters. The second kappa shape index (κ2) is 7.85. The fourth-order valence-electron chi connectivity index (χ4n) is 2.40. The minimum Gasteiger partial charge on any atom is -0.491 e. The number of para-hydroxylation sites is 1. The highest BCUT2D eigenvalue weighted by Gasteiger charge is 2.32. The Hall–Kier alpha value is -3.10. The first-order chi connectivity index (χ1) is 12.2. The maximum absolute atomic E-state index is 12.4. The molecule has 0 aliphatic carbocycles. The summed E-state index contributed by atoms with van der Waals surface area (Å²) in [5.41, 5.74) is -1.10. The van der Waals surface area contributed by atoms with Gasteiger partial charge in [-0.05, 0) is 26.0 Å². The monoisotopic (exact) mass is 363 g/mol. The quantitative estimate of drug-likeness (QED) is 0.539. The fourth-order valence-corrected chi connectivity index (χ4v) is 2.40. The van der Waals surface area contributed by atoms with E-state index in [2.05, 4.69) is 16.0 Å². The van der Waals surface area contributed by atoms with Crippen LogP contribution in [-0.2, 0) is 14.4 Å². The van der Waals surface area contributed by atoms with Crippen LogP contribution in [0.1, 0.15) is 30.6 Å². The van der Waals surface area contributed by atoms with Crippen LogP contribution in [0, 0.1) is 0 Å². The summed E-state index contributed by atoms with van der Waals surface area (Å²) < 4.78 is 5.53. The van der Waals surface area contributed by atoms with E-state index in [1.165, 1.54) is 19.9 Å². The molecule has 9 heteroatoms. The number of carboxylic acids is 1. The average Bonchev–Trinajstić information content (AvgIpc) is 2.56. The number of ether oxygens (including phenoxy) is 1. The molecule has 2 rings (SSSR count). The van der Waals surface area contributed by atoms with Gasteiger partial charge in [-0.3, -0.25) is 14.4 Å². The van der Waals surface area contributed by atoms with Gasteiger partial charge in [-0.2, -0.15) is 0 Å². The maximum Gasteiger partial charge on any atom is 0.326 e. The standard InChI is InChI=1S/C17H21N3O6/c1-17(2)16(25)18-7-8-26-12-6-4-3-5-10(12)14(22)19-11(15(23)24)9-13(21)20-17/h3-6,11H,7-9H2,1-2H3,(H,18,25)(H,19,22)(H,20,21)(H,23,24)/t11-/m0/s1. The fraction of sp³-hybridized carbons (Fsp3) is 0.412. The molecule has 1 heterocycles. The molecule has 0 bridgehead atoms. The van der Waals surface area contributed by atoms with E-state index < -0.39 is 41.7 Å². The summed E-state index contributed by atoms with van der Waals surface area (Å²) >= 11 is 0. The van der Waals surface area contributed by atoms with Crippen LogP contribution < -0.4 is 20.7 Å². The topological polar surface area (TPSA) is 134 Å². The molecule has 1 atom stereocenters. The van der Waals surface area contributed by atoms with Crippen molar-refractivity contribution in [3.63, 3.8) is 0 Å². The van der Waals surface area contributed by atoms with Crippen molar-refractivity contribution >= 4 is 23.7 Å². The van der Waals surface area contributed by atoms with Crippen molar-refractivity contribution in [3.8, 4) is 5.75 Å². The van der Waals surface area contributed by atoms with Crippen LogP contribution in [-0.4, -0.2) is 53.5 Å². The number of carboxylic acid groups (broad SMARTS) is 1. The number of benzene rings is 1. The largest absolute Gasteiger partial charge is 0.491 e. The van der Waals surface area contributed by atoms with Gasteiger partial charge in [-0.1, -0.05) is 12.1 Å². The number of carbonyl (C=O) groups excluding carboxylic acids is 3. The van der Waals surface area contributed by atoms with Gasteiger partial charge in [0.05, 0.1) is 18.5 Å². The van der Waals surface area contributed by atoms with E-state index in [1.54, 1.807) is 18.2 Å². The molecule has 4 N–H and O–H groups in total. The molecule has 1 aromatic carbocycles. The summed E-state index contributed by atoms with van der Waals surface area (Å²) in [5, 5.41) is 16.7. The van der Waals surface area contributed by atoms with Gasteiger partial charge in [-0.15, -0.1) is 0 Å². The van der Waals surface area contributed by atoms with Gasteiger partial charge >= 0.3 is 5.97 Å². The van der Waals surface area contributed by atoms with E-state index in [9.17, 15) is 24.3 Å². The zero-order chi connectivity index (χ0) is 19.3.